The number of nitrogens with one attached hydrogen (secondary N) is 1. The zero-order valence-electron chi connectivity index (χ0n) is 14.4. The number of benzene rings is 1. The fourth-order valence-electron chi connectivity index (χ4n) is 1.71. The summed E-state index contributed by atoms with van der Waals surface area (Å²) in [6.07, 6.45) is 0.317. The minimum Gasteiger partial charge on any atom is -0.480 e. The summed E-state index contributed by atoms with van der Waals surface area (Å²) in [6, 6.07) is 8.71. The molecular weight excluding hydrogens is 316 g/mol. The number of carboxylic acid groups (broad SMARTS) is 2. The molecule has 0 aliphatic heterocycles. The van der Waals surface area contributed by atoms with E-state index < -0.39 is 18.0 Å². The number of hydrogen-bond acceptors (Lipinski definition) is 6. The quantitative estimate of drug-likeness (QED) is 0.574. The minimum atomic E-state index is -0.993. The second-order valence-corrected chi connectivity index (χ2v) is 5.12. The molecule has 0 amide bonds. The van der Waals surface area contributed by atoms with E-state index in [9.17, 15) is 9.59 Å². The fraction of sp³-hybridized carbons (Fsp3) is 0.500. The summed E-state index contributed by atoms with van der Waals surface area (Å²) in [5, 5.41) is 20.9. The largest absolute Gasteiger partial charge is 0.480 e. The van der Waals surface area contributed by atoms with Gasteiger partial charge in [0.2, 0.25) is 0 Å². The summed E-state index contributed by atoms with van der Waals surface area (Å²) in [7, 11) is 2.73. The molecule has 0 saturated carbocycles. The SMILES string of the molecule is CC(C)NCC(=O)O.CON(OC)[C@@H](Cc1ccccc1)C(=O)O. The summed E-state index contributed by atoms with van der Waals surface area (Å²) < 4.78 is 0. The highest BCUT2D eigenvalue weighted by atomic mass is 16.9. The van der Waals surface area contributed by atoms with E-state index in [1.165, 1.54) is 14.2 Å². The average molecular weight is 342 g/mol. The van der Waals surface area contributed by atoms with Crippen LogP contribution in [-0.4, -0.2) is 60.2 Å². The highest BCUT2D eigenvalue weighted by Gasteiger charge is 2.26. The first kappa shape index (κ1) is 22.0. The van der Waals surface area contributed by atoms with E-state index >= 15 is 0 Å². The van der Waals surface area contributed by atoms with Crippen LogP contribution in [0.5, 0.6) is 0 Å². The van der Waals surface area contributed by atoms with Gasteiger partial charge in [-0.15, -0.1) is 0 Å². The van der Waals surface area contributed by atoms with Gasteiger partial charge in [0.1, 0.15) is 0 Å². The third kappa shape index (κ3) is 9.90. The molecule has 0 fully saturated rings. The molecule has 1 atom stereocenters. The van der Waals surface area contributed by atoms with Gasteiger partial charge in [-0.1, -0.05) is 49.4 Å². The molecule has 8 heteroatoms. The maximum absolute atomic E-state index is 11.1. The van der Waals surface area contributed by atoms with E-state index in [1.54, 1.807) is 0 Å². The molecule has 0 radical (unpaired) electrons. The van der Waals surface area contributed by atoms with Crippen molar-refractivity contribution in [3.63, 3.8) is 0 Å². The Morgan fingerprint density at radius 1 is 1.12 bits per heavy atom. The Morgan fingerprint density at radius 2 is 1.67 bits per heavy atom. The van der Waals surface area contributed by atoms with Crippen LogP contribution in [0.3, 0.4) is 0 Å². The van der Waals surface area contributed by atoms with Crippen molar-refractivity contribution in [2.45, 2.75) is 32.4 Å². The number of carbonyl (C=O) groups is 2. The van der Waals surface area contributed by atoms with E-state index in [2.05, 4.69) is 5.32 Å². The van der Waals surface area contributed by atoms with Gasteiger partial charge in [0.05, 0.1) is 20.8 Å². The van der Waals surface area contributed by atoms with Crippen LogP contribution in [0.1, 0.15) is 19.4 Å². The maximum atomic E-state index is 11.1. The van der Waals surface area contributed by atoms with E-state index in [4.69, 9.17) is 19.9 Å². The van der Waals surface area contributed by atoms with Crippen molar-refractivity contribution in [2.24, 2.45) is 0 Å². The van der Waals surface area contributed by atoms with Crippen molar-refractivity contribution in [3.8, 4) is 0 Å². The molecule has 8 nitrogen and oxygen atoms in total. The predicted molar refractivity (Wildman–Crippen MR) is 88.2 cm³/mol. The summed E-state index contributed by atoms with van der Waals surface area (Å²) in [4.78, 5) is 30.6. The first-order valence-electron chi connectivity index (χ1n) is 7.41. The highest BCUT2D eigenvalue weighted by Crippen LogP contribution is 2.09. The summed E-state index contributed by atoms with van der Waals surface area (Å²) in [5.74, 6) is -1.80. The molecule has 0 aliphatic carbocycles. The number of rotatable bonds is 9. The van der Waals surface area contributed by atoms with Crippen LogP contribution >= 0.6 is 0 Å². The lowest BCUT2D eigenvalue weighted by molar-refractivity contribution is -0.359. The monoisotopic (exact) mass is 342 g/mol. The lowest BCUT2D eigenvalue weighted by Gasteiger charge is -2.23. The second kappa shape index (κ2) is 12.4. The predicted octanol–water partition coefficient (Wildman–Crippen LogP) is 1.18. The van der Waals surface area contributed by atoms with Crippen LogP contribution in [0, 0.1) is 0 Å². The summed E-state index contributed by atoms with van der Waals surface area (Å²) >= 11 is 0. The van der Waals surface area contributed by atoms with E-state index in [-0.39, 0.29) is 12.6 Å². The molecule has 1 aromatic carbocycles. The fourth-order valence-corrected chi connectivity index (χ4v) is 1.71. The van der Waals surface area contributed by atoms with Crippen LogP contribution in [0.4, 0.5) is 0 Å². The van der Waals surface area contributed by atoms with Gasteiger partial charge in [-0.25, -0.2) is 0 Å². The molecule has 0 bridgehead atoms. The van der Waals surface area contributed by atoms with E-state index in [1.807, 2.05) is 44.2 Å². The highest BCUT2D eigenvalue weighted by molar-refractivity contribution is 5.73. The standard InChI is InChI=1S/C11H15NO4.C5H11NO2/c1-15-12(16-2)10(11(13)14)8-9-6-4-3-5-7-9;1-4(2)6-3-5(7)8/h3-7,10H,8H2,1-2H3,(H,13,14);4,6H,3H2,1-2H3,(H,7,8)/t10-;/m0./s1. The molecule has 0 saturated heterocycles. The van der Waals surface area contributed by atoms with Crippen LogP contribution in [0.25, 0.3) is 0 Å². The van der Waals surface area contributed by atoms with Gasteiger partial charge in [-0.3, -0.25) is 19.3 Å². The number of carboxylic acids is 2. The van der Waals surface area contributed by atoms with E-state index in [0.29, 0.717) is 6.42 Å². The molecule has 0 unspecified atom stereocenters. The molecule has 24 heavy (non-hydrogen) atoms. The van der Waals surface area contributed by atoms with Gasteiger partial charge in [-0.2, -0.15) is 0 Å². The third-order valence-corrected chi connectivity index (χ3v) is 2.83. The third-order valence-electron chi connectivity index (χ3n) is 2.83. The van der Waals surface area contributed by atoms with Gasteiger partial charge in [-0.05, 0) is 5.56 Å². The normalized spacial score (nSPS) is 11.8. The van der Waals surface area contributed by atoms with Crippen LogP contribution < -0.4 is 5.32 Å². The molecule has 1 rings (SSSR count). The first-order chi connectivity index (χ1) is 11.3. The summed E-state index contributed by atoms with van der Waals surface area (Å²) in [5.41, 5.74) is 0.911. The number of hydroxylamine groups is 2. The maximum Gasteiger partial charge on any atom is 0.326 e. The van der Waals surface area contributed by atoms with Gasteiger partial charge >= 0.3 is 11.9 Å². The lowest BCUT2D eigenvalue weighted by Crippen LogP contribution is -2.41. The van der Waals surface area contributed by atoms with Gasteiger partial charge in [0.25, 0.3) is 0 Å². The molecule has 3 N–H and O–H groups in total. The van der Waals surface area contributed by atoms with E-state index in [0.717, 1.165) is 10.8 Å². The Hall–Kier alpha value is -2.00. The van der Waals surface area contributed by atoms with Gasteiger partial charge < -0.3 is 15.5 Å². The number of aliphatic carboxylic acids is 2. The molecular formula is C16H26N2O6. The Labute approximate surface area is 141 Å². The van der Waals surface area contributed by atoms with Gasteiger partial charge in [0, 0.05) is 12.5 Å². The molecule has 0 aliphatic rings. The summed E-state index contributed by atoms with van der Waals surface area (Å²) in [6.45, 7) is 3.86. The molecule has 1 aromatic rings. The van der Waals surface area contributed by atoms with Crippen molar-refractivity contribution in [2.75, 3.05) is 20.8 Å². The Kier molecular flexibility index (Phi) is 11.4. The second-order valence-electron chi connectivity index (χ2n) is 5.12. The van der Waals surface area contributed by atoms with Crippen molar-refractivity contribution in [1.29, 1.82) is 0 Å². The smallest absolute Gasteiger partial charge is 0.326 e. The Bertz CT molecular complexity index is 477. The van der Waals surface area contributed by atoms with Crippen LogP contribution in [-0.2, 0) is 25.7 Å². The van der Waals surface area contributed by atoms with Crippen molar-refractivity contribution < 1.29 is 29.5 Å². The van der Waals surface area contributed by atoms with Crippen molar-refractivity contribution in [3.05, 3.63) is 35.9 Å². The molecule has 0 spiro atoms. The molecule has 0 heterocycles. The molecule has 0 aromatic heterocycles. The van der Waals surface area contributed by atoms with Crippen molar-refractivity contribution >= 4 is 11.9 Å². The van der Waals surface area contributed by atoms with Crippen LogP contribution in [0.15, 0.2) is 30.3 Å². The topological polar surface area (TPSA) is 108 Å². The first-order valence-corrected chi connectivity index (χ1v) is 7.41. The Morgan fingerprint density at radius 3 is 2.00 bits per heavy atom. The van der Waals surface area contributed by atoms with Crippen LogP contribution in [0.2, 0.25) is 0 Å². The number of nitrogens with zero attached hydrogens (tertiary/aromatic N) is 1. The lowest BCUT2D eigenvalue weighted by atomic mass is 10.1. The Balaban J connectivity index is 0.000000561. The minimum absolute atomic E-state index is 0.0532. The zero-order valence-corrected chi connectivity index (χ0v) is 14.4. The van der Waals surface area contributed by atoms with Gasteiger partial charge in [0.15, 0.2) is 6.04 Å². The van der Waals surface area contributed by atoms with Crippen molar-refractivity contribution in [1.82, 2.24) is 10.5 Å². The average Bonchev–Trinajstić information content (AvgIpc) is 2.54. The zero-order chi connectivity index (χ0) is 18.5. The molecule has 136 valence electrons. The number of hydrogen-bond donors (Lipinski definition) is 3.